The molecule has 0 fully saturated rings. The van der Waals surface area contributed by atoms with Crippen LogP contribution in [0.3, 0.4) is 0 Å². The van der Waals surface area contributed by atoms with Crippen LogP contribution < -0.4 is 0 Å². The number of esters is 1. The summed E-state index contributed by atoms with van der Waals surface area (Å²) in [6.07, 6.45) is 0. The average molecular weight is 117 g/mol. The summed E-state index contributed by atoms with van der Waals surface area (Å²) in [5.41, 5.74) is 0.394. The molecule has 0 spiro atoms. The minimum absolute atomic E-state index is 0.179. The number of nitrogens with zero attached hydrogens (tertiary/aromatic N) is 1. The molecule has 0 radical (unpaired) electrons. The lowest BCUT2D eigenvalue weighted by molar-refractivity contribution is -0.132. The third kappa shape index (κ3) is 0.967. The fourth-order valence-corrected chi connectivity index (χ4v) is 0.546. The van der Waals surface area contributed by atoms with Gasteiger partial charge in [-0.2, -0.15) is 0 Å². The Hall–Kier alpha value is -0.430. The first-order chi connectivity index (χ1) is 3.29. The molecule has 1 heterocycles. The van der Waals surface area contributed by atoms with E-state index < -0.39 is 0 Å². The molecular weight excluding hydrogens is 113 g/mol. The van der Waals surface area contributed by atoms with Gasteiger partial charge in [-0.3, -0.25) is 0 Å². The Labute approximate surface area is 43.0 Å². The van der Waals surface area contributed by atoms with E-state index >= 15 is 0 Å². The van der Waals surface area contributed by atoms with Gasteiger partial charge in [0.25, 0.3) is 0 Å². The number of cyclic esters (lactones) is 1. The molecule has 0 aromatic heterocycles. The average Bonchev–Trinajstić information content (AvgIpc) is 1.87. The molecule has 1 unspecified atom stereocenters. The van der Waals surface area contributed by atoms with Crippen LogP contribution in [-0.4, -0.2) is 18.2 Å². The quantitative estimate of drug-likeness (QED) is 0.325. The Kier molecular flexibility index (Phi) is 1.07. The first-order valence-electron chi connectivity index (χ1n) is 1.79. The molecule has 0 aromatic carbocycles. The highest BCUT2D eigenvalue weighted by atomic mass is 31.0. The van der Waals surface area contributed by atoms with E-state index in [1.54, 1.807) is 0 Å². The van der Waals surface area contributed by atoms with Gasteiger partial charge in [-0.1, -0.05) is 0 Å². The molecule has 0 saturated heterocycles. The zero-order chi connectivity index (χ0) is 5.28. The summed E-state index contributed by atoms with van der Waals surface area (Å²) in [4.78, 5) is 13.7. The van der Waals surface area contributed by atoms with Crippen molar-refractivity contribution in [2.75, 3.05) is 6.54 Å². The van der Waals surface area contributed by atoms with Crippen LogP contribution in [0.5, 0.6) is 0 Å². The van der Waals surface area contributed by atoms with Crippen LogP contribution in [-0.2, 0) is 9.53 Å². The Morgan fingerprint density at radius 3 is 2.71 bits per heavy atom. The number of aliphatic imine (C=N–C) groups is 1. The van der Waals surface area contributed by atoms with E-state index in [4.69, 9.17) is 0 Å². The predicted octanol–water partition coefficient (Wildman–Crippen LogP) is -0.226. The lowest BCUT2D eigenvalue weighted by atomic mass is 10.7. The highest BCUT2D eigenvalue weighted by Gasteiger charge is 2.09. The molecule has 4 heteroatoms. The molecule has 38 valence electrons. The van der Waals surface area contributed by atoms with Crippen LogP contribution in [0.15, 0.2) is 4.99 Å². The van der Waals surface area contributed by atoms with Gasteiger partial charge in [0, 0.05) is 0 Å². The molecule has 1 atom stereocenters. The van der Waals surface area contributed by atoms with Crippen molar-refractivity contribution in [3.8, 4) is 0 Å². The highest BCUT2D eigenvalue weighted by molar-refractivity contribution is 7.40. The summed E-state index contributed by atoms with van der Waals surface area (Å²) in [6.45, 7) is 0.179. The van der Waals surface area contributed by atoms with Crippen LogP contribution in [0, 0.1) is 0 Å². The molecule has 3 nitrogen and oxygen atoms in total. The summed E-state index contributed by atoms with van der Waals surface area (Å²) < 4.78 is 4.44. The van der Waals surface area contributed by atoms with E-state index in [9.17, 15) is 4.79 Å². The van der Waals surface area contributed by atoms with Crippen LogP contribution >= 0.6 is 9.24 Å². The largest absolute Gasteiger partial charge is 0.407 e. The fraction of sp³-hybridized carbons (Fsp3) is 0.333. The summed E-state index contributed by atoms with van der Waals surface area (Å²) >= 11 is 0. The standard InChI is InChI=1S/C3H4NO2P/c5-2-1-4-3(7)6-2/h1,7H2. The fourth-order valence-electron chi connectivity index (χ4n) is 0.324. The number of hydrogen-bond acceptors (Lipinski definition) is 3. The lowest BCUT2D eigenvalue weighted by Crippen LogP contribution is -1.98. The molecule has 0 amide bonds. The zero-order valence-electron chi connectivity index (χ0n) is 3.55. The van der Waals surface area contributed by atoms with E-state index in [0.717, 1.165) is 0 Å². The Balaban J connectivity index is 2.58. The van der Waals surface area contributed by atoms with E-state index in [-0.39, 0.29) is 12.5 Å². The summed E-state index contributed by atoms with van der Waals surface area (Å²) in [5, 5.41) is 0. The van der Waals surface area contributed by atoms with Gasteiger partial charge in [-0.05, 0) is 9.24 Å². The molecular formula is C3H4NO2P. The van der Waals surface area contributed by atoms with Gasteiger partial charge in [-0.25, -0.2) is 9.79 Å². The van der Waals surface area contributed by atoms with E-state index in [1.165, 1.54) is 0 Å². The van der Waals surface area contributed by atoms with Gasteiger partial charge in [0.05, 0.1) is 0 Å². The second kappa shape index (κ2) is 1.58. The van der Waals surface area contributed by atoms with Crippen molar-refractivity contribution < 1.29 is 9.53 Å². The van der Waals surface area contributed by atoms with Crippen molar-refractivity contribution in [1.29, 1.82) is 0 Å². The Morgan fingerprint density at radius 1 is 1.86 bits per heavy atom. The SMILES string of the molecule is O=C1CN=C(P)O1. The van der Waals surface area contributed by atoms with Gasteiger partial charge in [0.2, 0.25) is 5.64 Å². The molecule has 0 saturated carbocycles. The monoisotopic (exact) mass is 117 g/mol. The van der Waals surface area contributed by atoms with Crippen LogP contribution in [0.25, 0.3) is 0 Å². The van der Waals surface area contributed by atoms with Gasteiger partial charge >= 0.3 is 5.97 Å². The van der Waals surface area contributed by atoms with Crippen LogP contribution in [0.1, 0.15) is 0 Å². The van der Waals surface area contributed by atoms with Gasteiger partial charge in [-0.15, -0.1) is 0 Å². The topological polar surface area (TPSA) is 38.7 Å². The minimum atomic E-state index is -0.273. The molecule has 1 aliphatic heterocycles. The van der Waals surface area contributed by atoms with E-state index in [0.29, 0.717) is 5.64 Å². The third-order valence-corrected chi connectivity index (χ3v) is 0.883. The summed E-state index contributed by atoms with van der Waals surface area (Å²) in [7, 11) is 2.20. The maximum atomic E-state index is 10.1. The number of ether oxygens (including phenoxy) is 1. The van der Waals surface area contributed by atoms with Crippen molar-refractivity contribution in [2.45, 2.75) is 0 Å². The molecule has 1 aliphatic rings. The first kappa shape index (κ1) is 4.72. The minimum Gasteiger partial charge on any atom is -0.407 e. The highest BCUT2D eigenvalue weighted by Crippen LogP contribution is 2.00. The molecule has 0 aliphatic carbocycles. The molecule has 0 bridgehead atoms. The molecule has 1 rings (SSSR count). The van der Waals surface area contributed by atoms with Crippen molar-refractivity contribution in [3.63, 3.8) is 0 Å². The zero-order valence-corrected chi connectivity index (χ0v) is 4.70. The number of carbonyl (C=O) groups excluding carboxylic acids is 1. The Bertz CT molecular complexity index is 131. The summed E-state index contributed by atoms with van der Waals surface area (Å²) in [5.74, 6) is -0.273. The molecule has 0 aromatic rings. The van der Waals surface area contributed by atoms with Crippen molar-refractivity contribution >= 4 is 20.8 Å². The smallest absolute Gasteiger partial charge is 0.334 e. The maximum absolute atomic E-state index is 10.1. The maximum Gasteiger partial charge on any atom is 0.334 e. The predicted molar refractivity (Wildman–Crippen MR) is 28.1 cm³/mol. The van der Waals surface area contributed by atoms with Gasteiger partial charge < -0.3 is 4.74 Å². The summed E-state index contributed by atoms with van der Waals surface area (Å²) in [6, 6.07) is 0. The second-order valence-electron chi connectivity index (χ2n) is 1.13. The van der Waals surface area contributed by atoms with Gasteiger partial charge in [0.1, 0.15) is 6.54 Å². The van der Waals surface area contributed by atoms with Crippen molar-refractivity contribution in [2.24, 2.45) is 4.99 Å². The van der Waals surface area contributed by atoms with E-state index in [2.05, 4.69) is 19.0 Å². The normalized spacial score (nSPS) is 19.0. The van der Waals surface area contributed by atoms with Crippen LogP contribution in [0.4, 0.5) is 0 Å². The number of rotatable bonds is 0. The van der Waals surface area contributed by atoms with Crippen molar-refractivity contribution in [3.05, 3.63) is 0 Å². The molecule has 7 heavy (non-hydrogen) atoms. The third-order valence-electron chi connectivity index (χ3n) is 0.582. The molecule has 0 N–H and O–H groups in total. The lowest BCUT2D eigenvalue weighted by Gasteiger charge is -1.84. The van der Waals surface area contributed by atoms with Gasteiger partial charge in [0.15, 0.2) is 0 Å². The number of carbonyl (C=O) groups is 1. The first-order valence-corrected chi connectivity index (χ1v) is 2.37. The second-order valence-corrected chi connectivity index (χ2v) is 1.62. The number of hydrogen-bond donors (Lipinski definition) is 0. The van der Waals surface area contributed by atoms with Crippen molar-refractivity contribution in [1.82, 2.24) is 0 Å². The van der Waals surface area contributed by atoms with Crippen LogP contribution in [0.2, 0.25) is 0 Å². The Morgan fingerprint density at radius 2 is 2.57 bits per heavy atom. The van der Waals surface area contributed by atoms with E-state index in [1.807, 2.05) is 0 Å².